The number of thiocarbonyl (C=S) groups is 1. The summed E-state index contributed by atoms with van der Waals surface area (Å²) >= 11 is 4.83. The highest BCUT2D eigenvalue weighted by Gasteiger charge is 2.17. The van der Waals surface area contributed by atoms with E-state index in [1.54, 1.807) is 0 Å². The van der Waals surface area contributed by atoms with Crippen LogP contribution in [0.3, 0.4) is 0 Å². The van der Waals surface area contributed by atoms with Crippen LogP contribution in [0, 0.1) is 5.92 Å². The van der Waals surface area contributed by atoms with Crippen molar-refractivity contribution in [3.8, 4) is 0 Å². The van der Waals surface area contributed by atoms with Crippen molar-refractivity contribution in [1.29, 1.82) is 0 Å². The van der Waals surface area contributed by atoms with Crippen LogP contribution in [0.2, 0.25) is 0 Å². The van der Waals surface area contributed by atoms with Gasteiger partial charge in [0.1, 0.15) is 0 Å². The molecule has 0 aliphatic carbocycles. The fraction of sp³-hybridized carbons (Fsp3) is 0.909. The Kier molecular flexibility index (Phi) is 6.13. The van der Waals surface area contributed by atoms with Gasteiger partial charge in [0, 0.05) is 6.61 Å². The molecule has 0 unspecified atom stereocenters. The molecule has 0 aromatic rings. The lowest BCUT2D eigenvalue weighted by Crippen LogP contribution is -2.35. The molecule has 0 bridgehead atoms. The molecule has 0 saturated carbocycles. The molecule has 3 N–H and O–H groups in total. The van der Waals surface area contributed by atoms with Crippen LogP contribution in [-0.2, 0) is 0 Å². The average Bonchev–Trinajstić information content (AvgIpc) is 2.25. The molecule has 1 fully saturated rings. The molecule has 4 heteroatoms. The topological polar surface area (TPSA) is 49.5 Å². The molecule has 1 rings (SSSR count). The van der Waals surface area contributed by atoms with Gasteiger partial charge in [0.05, 0.1) is 4.99 Å². The van der Waals surface area contributed by atoms with Crippen molar-refractivity contribution in [3.63, 3.8) is 0 Å². The predicted molar refractivity (Wildman–Crippen MR) is 66.9 cm³/mol. The highest BCUT2D eigenvalue weighted by molar-refractivity contribution is 7.80. The average molecular weight is 230 g/mol. The summed E-state index contributed by atoms with van der Waals surface area (Å²) in [7, 11) is 0. The van der Waals surface area contributed by atoms with E-state index in [-0.39, 0.29) is 0 Å². The van der Waals surface area contributed by atoms with Gasteiger partial charge in [-0.25, -0.2) is 0 Å². The molecule has 0 amide bonds. The second-order valence-corrected chi connectivity index (χ2v) is 4.92. The Bertz CT molecular complexity index is 191. The van der Waals surface area contributed by atoms with E-state index in [0.717, 1.165) is 45.3 Å². The summed E-state index contributed by atoms with van der Waals surface area (Å²) < 4.78 is 0. The van der Waals surface area contributed by atoms with Crippen molar-refractivity contribution in [2.75, 3.05) is 26.2 Å². The van der Waals surface area contributed by atoms with Crippen molar-refractivity contribution >= 4 is 17.2 Å². The zero-order chi connectivity index (χ0) is 11.1. The molecule has 15 heavy (non-hydrogen) atoms. The number of nitrogens with two attached hydrogens (primary N) is 1. The van der Waals surface area contributed by atoms with Crippen LogP contribution >= 0.6 is 12.2 Å². The lowest BCUT2D eigenvalue weighted by molar-refractivity contribution is 0.130. The number of unbranched alkanes of at least 4 members (excludes halogenated alkanes) is 1. The van der Waals surface area contributed by atoms with Crippen molar-refractivity contribution in [1.82, 2.24) is 4.90 Å². The molecular weight excluding hydrogens is 208 g/mol. The first-order valence-electron chi connectivity index (χ1n) is 5.84. The molecule has 1 aliphatic rings. The molecule has 88 valence electrons. The van der Waals surface area contributed by atoms with Crippen LogP contribution < -0.4 is 5.73 Å². The molecule has 1 saturated heterocycles. The first kappa shape index (κ1) is 12.9. The highest BCUT2D eigenvalue weighted by atomic mass is 32.1. The Balaban J connectivity index is 2.01. The third-order valence-corrected chi connectivity index (χ3v) is 3.32. The fourth-order valence-electron chi connectivity index (χ4n) is 2.03. The number of piperidine rings is 1. The van der Waals surface area contributed by atoms with E-state index in [1.165, 1.54) is 6.42 Å². The summed E-state index contributed by atoms with van der Waals surface area (Å²) in [6, 6.07) is 0. The van der Waals surface area contributed by atoms with Gasteiger partial charge < -0.3 is 15.7 Å². The van der Waals surface area contributed by atoms with Crippen LogP contribution in [0.5, 0.6) is 0 Å². The Labute approximate surface area is 97.6 Å². The normalized spacial score (nSPS) is 19.3. The molecule has 0 aromatic carbocycles. The van der Waals surface area contributed by atoms with Gasteiger partial charge in [-0.05, 0) is 57.7 Å². The van der Waals surface area contributed by atoms with Crippen molar-refractivity contribution < 1.29 is 5.11 Å². The van der Waals surface area contributed by atoms with Crippen LogP contribution in [0.1, 0.15) is 32.1 Å². The summed E-state index contributed by atoms with van der Waals surface area (Å²) in [6.45, 7) is 3.78. The first-order valence-corrected chi connectivity index (χ1v) is 6.24. The van der Waals surface area contributed by atoms with E-state index in [2.05, 4.69) is 4.90 Å². The van der Waals surface area contributed by atoms with Gasteiger partial charge >= 0.3 is 0 Å². The minimum atomic E-state index is 0.356. The number of aliphatic hydroxyl groups excluding tert-OH is 1. The van der Waals surface area contributed by atoms with Crippen molar-refractivity contribution in [2.24, 2.45) is 11.7 Å². The second kappa shape index (κ2) is 7.14. The number of hydrogen-bond donors (Lipinski definition) is 2. The van der Waals surface area contributed by atoms with Gasteiger partial charge in [-0.2, -0.15) is 0 Å². The van der Waals surface area contributed by atoms with Crippen LogP contribution in [-0.4, -0.2) is 41.2 Å². The third kappa shape index (κ3) is 5.44. The monoisotopic (exact) mass is 230 g/mol. The molecule has 0 atom stereocenters. The van der Waals surface area contributed by atoms with Gasteiger partial charge in [-0.3, -0.25) is 0 Å². The van der Waals surface area contributed by atoms with Gasteiger partial charge in [-0.15, -0.1) is 0 Å². The highest BCUT2D eigenvalue weighted by Crippen LogP contribution is 2.16. The minimum absolute atomic E-state index is 0.356. The van der Waals surface area contributed by atoms with Crippen molar-refractivity contribution in [3.05, 3.63) is 0 Å². The lowest BCUT2D eigenvalue weighted by Gasteiger charge is -2.30. The number of aliphatic hydroxyl groups is 1. The number of likely N-dealkylation sites (tertiary alicyclic amines) is 1. The van der Waals surface area contributed by atoms with E-state index in [9.17, 15) is 0 Å². The Hall–Kier alpha value is -0.190. The largest absolute Gasteiger partial charge is 0.396 e. The lowest BCUT2D eigenvalue weighted by atomic mass is 9.98. The van der Waals surface area contributed by atoms with Gasteiger partial charge in [-0.1, -0.05) is 12.2 Å². The van der Waals surface area contributed by atoms with Crippen molar-refractivity contribution in [2.45, 2.75) is 32.1 Å². The maximum Gasteiger partial charge on any atom is 0.0727 e. The minimum Gasteiger partial charge on any atom is -0.396 e. The number of nitrogens with zero attached hydrogens (tertiary/aromatic N) is 1. The first-order chi connectivity index (χ1) is 7.22. The molecule has 3 nitrogen and oxygen atoms in total. The summed E-state index contributed by atoms with van der Waals surface area (Å²) in [5.74, 6) is 0.540. The Morgan fingerprint density at radius 1 is 1.33 bits per heavy atom. The van der Waals surface area contributed by atoms with E-state index in [1.807, 2.05) is 0 Å². The standard InChI is InChI=1S/C11H22N2OS/c12-11(15)3-1-2-6-13-7-4-10(9-14)5-8-13/h10,14H,1-9H2,(H2,12,15). The summed E-state index contributed by atoms with van der Waals surface area (Å²) in [5.41, 5.74) is 5.44. The molecule has 0 radical (unpaired) electrons. The summed E-state index contributed by atoms with van der Waals surface area (Å²) in [5, 5.41) is 9.01. The zero-order valence-corrected chi connectivity index (χ0v) is 10.1. The zero-order valence-electron chi connectivity index (χ0n) is 9.32. The quantitative estimate of drug-likeness (QED) is 0.531. The van der Waals surface area contributed by atoms with E-state index in [0.29, 0.717) is 17.5 Å². The second-order valence-electron chi connectivity index (χ2n) is 4.39. The number of rotatable bonds is 6. The van der Waals surface area contributed by atoms with E-state index in [4.69, 9.17) is 23.1 Å². The predicted octanol–water partition coefficient (Wildman–Crippen LogP) is 1.15. The fourth-order valence-corrected chi connectivity index (χ4v) is 2.17. The van der Waals surface area contributed by atoms with Crippen LogP contribution in [0.4, 0.5) is 0 Å². The smallest absolute Gasteiger partial charge is 0.0727 e. The summed E-state index contributed by atoms with van der Waals surface area (Å²) in [6.07, 6.45) is 5.45. The van der Waals surface area contributed by atoms with Gasteiger partial charge in [0.2, 0.25) is 0 Å². The molecular formula is C11H22N2OS. The molecule has 0 spiro atoms. The summed E-state index contributed by atoms with van der Waals surface area (Å²) in [4.78, 5) is 3.11. The van der Waals surface area contributed by atoms with E-state index >= 15 is 0 Å². The van der Waals surface area contributed by atoms with Crippen LogP contribution in [0.15, 0.2) is 0 Å². The molecule has 1 aliphatic heterocycles. The third-order valence-electron chi connectivity index (χ3n) is 3.11. The molecule has 1 heterocycles. The van der Waals surface area contributed by atoms with E-state index < -0.39 is 0 Å². The number of hydrogen-bond acceptors (Lipinski definition) is 3. The Morgan fingerprint density at radius 3 is 2.53 bits per heavy atom. The Morgan fingerprint density at radius 2 is 2.00 bits per heavy atom. The SMILES string of the molecule is NC(=S)CCCCN1CCC(CO)CC1. The van der Waals surface area contributed by atoms with Gasteiger partial charge in [0.25, 0.3) is 0 Å². The maximum atomic E-state index is 9.01. The van der Waals surface area contributed by atoms with Gasteiger partial charge in [0.15, 0.2) is 0 Å². The molecule has 0 aromatic heterocycles. The maximum absolute atomic E-state index is 9.01. The van der Waals surface area contributed by atoms with Crippen LogP contribution in [0.25, 0.3) is 0 Å².